The third-order valence-corrected chi connectivity index (χ3v) is 9.60. The molecule has 0 spiro atoms. The van der Waals surface area contributed by atoms with Crippen molar-refractivity contribution in [3.05, 3.63) is 63.6 Å². The number of pyridine rings is 1. The molecule has 6 rings (SSSR count). The first kappa shape index (κ1) is 21.1. The van der Waals surface area contributed by atoms with E-state index in [9.17, 15) is 19.5 Å². The normalized spacial score (nSPS) is 30.2. The summed E-state index contributed by atoms with van der Waals surface area (Å²) in [6.45, 7) is 2.33. The van der Waals surface area contributed by atoms with Crippen molar-refractivity contribution in [3.8, 4) is 5.75 Å². The molecule has 5 aliphatic rings. The number of aromatic nitrogens is 1. The molecular weight excluding hydrogens is 527 g/mol. The average molecular weight is 549 g/mol. The summed E-state index contributed by atoms with van der Waals surface area (Å²) in [5, 5.41) is 20.8. The quantitative estimate of drug-likeness (QED) is 0.173. The van der Waals surface area contributed by atoms with Crippen LogP contribution in [0.3, 0.4) is 0 Å². The average Bonchev–Trinajstić information content (AvgIpc) is 2.95. The predicted molar refractivity (Wildman–Crippen MR) is 111 cm³/mol. The van der Waals surface area contributed by atoms with Gasteiger partial charge >= 0.3 is 152 Å². The molecular formula is C22H22IN4O5-. The summed E-state index contributed by atoms with van der Waals surface area (Å²) in [6, 6.07) is 0. The first-order valence-corrected chi connectivity index (χ1v) is 12.7. The van der Waals surface area contributed by atoms with Gasteiger partial charge in [-0.2, -0.15) is 0 Å². The standard InChI is InChI=1S/C22H22IN4O5/c1-22(11-24)5-2-3-12(4-6-22)8-25-20(30)13-9-26-10-16-27(14-7-15(23-14)32-16)21(31)17(26)19(29)18(13)28/h2-6,9,11,14-16,24,29H,7-8,10H2,1H3,(H,25,30)/q-1. The van der Waals surface area contributed by atoms with Crippen LogP contribution in [0.25, 0.3) is 0 Å². The SMILES string of the molecule is CC1(C=N)C=CC=C(CNC(=O)c2cn3c(c(O)c2=O)C(=O)N2C(C3)OC3CC2[I-]3)C=C1. The van der Waals surface area contributed by atoms with E-state index in [0.717, 1.165) is 12.0 Å². The first-order valence-electron chi connectivity index (χ1n) is 10.2. The van der Waals surface area contributed by atoms with Crippen LogP contribution in [0.1, 0.15) is 34.2 Å². The maximum absolute atomic E-state index is 13.0. The van der Waals surface area contributed by atoms with Crippen LogP contribution in [0, 0.1) is 10.8 Å². The van der Waals surface area contributed by atoms with Crippen molar-refractivity contribution in [1.29, 1.82) is 5.41 Å². The van der Waals surface area contributed by atoms with Gasteiger partial charge in [-0.3, -0.25) is 0 Å². The van der Waals surface area contributed by atoms with Crippen LogP contribution in [-0.2, 0) is 11.3 Å². The van der Waals surface area contributed by atoms with Gasteiger partial charge in [0.1, 0.15) is 0 Å². The number of hydrogen-bond donors (Lipinski definition) is 3. The van der Waals surface area contributed by atoms with Gasteiger partial charge < -0.3 is 5.41 Å². The van der Waals surface area contributed by atoms with Crippen LogP contribution in [-0.4, -0.2) is 53.5 Å². The summed E-state index contributed by atoms with van der Waals surface area (Å²) in [6.07, 6.45) is 12.3. The van der Waals surface area contributed by atoms with Gasteiger partial charge in [-0.25, -0.2) is 0 Å². The Hall–Kier alpha value is -2.73. The second-order valence-corrected chi connectivity index (χ2v) is 11.9. The van der Waals surface area contributed by atoms with Gasteiger partial charge in [0, 0.05) is 11.6 Å². The molecule has 2 bridgehead atoms. The van der Waals surface area contributed by atoms with Gasteiger partial charge in [-0.1, -0.05) is 18.2 Å². The monoisotopic (exact) mass is 549 g/mol. The van der Waals surface area contributed by atoms with Gasteiger partial charge in [0.2, 0.25) is 0 Å². The Morgan fingerprint density at radius 2 is 2.22 bits per heavy atom. The fourth-order valence-corrected chi connectivity index (χ4v) is 7.09. The van der Waals surface area contributed by atoms with Crippen LogP contribution < -0.4 is 32.0 Å². The van der Waals surface area contributed by atoms with E-state index in [1.54, 1.807) is 4.90 Å². The minimum Gasteiger partial charge on any atom is -0.0692 e. The van der Waals surface area contributed by atoms with E-state index < -0.39 is 34.6 Å². The number of ether oxygens (including phenoxy) is 1. The number of hydrogen-bond acceptors (Lipinski definition) is 6. The molecule has 4 unspecified atom stereocenters. The van der Waals surface area contributed by atoms with Crippen LogP contribution in [0.4, 0.5) is 0 Å². The van der Waals surface area contributed by atoms with Gasteiger partial charge in [-0.15, -0.1) is 0 Å². The topological polar surface area (TPSA) is 125 Å². The van der Waals surface area contributed by atoms with Crippen molar-refractivity contribution in [2.24, 2.45) is 5.41 Å². The number of amides is 2. The van der Waals surface area contributed by atoms with E-state index in [4.69, 9.17) is 10.1 Å². The molecule has 0 aromatic carbocycles. The number of halogens is 1. The van der Waals surface area contributed by atoms with Crippen molar-refractivity contribution < 1.29 is 40.6 Å². The zero-order valence-electron chi connectivity index (χ0n) is 17.2. The second kappa shape index (κ2) is 7.69. The second-order valence-electron chi connectivity index (χ2n) is 8.36. The molecule has 3 fully saturated rings. The van der Waals surface area contributed by atoms with E-state index in [2.05, 4.69) is 5.32 Å². The molecule has 5 heterocycles. The Labute approximate surface area is 194 Å². The number of carbonyl (C=O) groups is 2. The Balaban J connectivity index is 1.37. The van der Waals surface area contributed by atoms with Crippen molar-refractivity contribution >= 4 is 18.0 Å². The number of fused-ring (bicyclic) bond motifs is 1. The molecule has 0 saturated carbocycles. The van der Waals surface area contributed by atoms with Crippen LogP contribution in [0.15, 0.2) is 46.9 Å². The Bertz CT molecular complexity index is 1180. The number of nitrogens with zero attached hydrogens (tertiary/aromatic N) is 2. The summed E-state index contributed by atoms with van der Waals surface area (Å²) < 4.78 is 7.84. The van der Waals surface area contributed by atoms with E-state index >= 15 is 0 Å². The minimum absolute atomic E-state index is 0.0776. The molecule has 0 radical (unpaired) electrons. The fourth-order valence-electron chi connectivity index (χ4n) is 4.11. The molecule has 1 aromatic heterocycles. The molecule has 10 heteroatoms. The molecule has 1 aliphatic carbocycles. The van der Waals surface area contributed by atoms with E-state index in [1.165, 1.54) is 17.0 Å². The Kier molecular flexibility index (Phi) is 5.08. The number of carbonyl (C=O) groups excluding carboxylic acids is 2. The van der Waals surface area contributed by atoms with E-state index in [1.807, 2.05) is 37.3 Å². The van der Waals surface area contributed by atoms with Crippen molar-refractivity contribution in [2.45, 2.75) is 34.3 Å². The van der Waals surface area contributed by atoms with Crippen LogP contribution in [0.2, 0.25) is 0 Å². The zero-order chi connectivity index (χ0) is 22.6. The summed E-state index contributed by atoms with van der Waals surface area (Å²) >= 11 is -0.249. The van der Waals surface area contributed by atoms with Crippen molar-refractivity contribution in [1.82, 2.24) is 14.8 Å². The Morgan fingerprint density at radius 1 is 1.44 bits per heavy atom. The van der Waals surface area contributed by atoms with E-state index in [-0.39, 0.29) is 53.7 Å². The van der Waals surface area contributed by atoms with Crippen LogP contribution in [0.5, 0.6) is 5.75 Å². The van der Waals surface area contributed by atoms with Gasteiger partial charge in [-0.05, 0) is 6.92 Å². The maximum atomic E-state index is 13.0. The number of allylic oxidation sites excluding steroid dienone is 4. The number of nitrogens with one attached hydrogen (secondary N) is 2. The van der Waals surface area contributed by atoms with E-state index in [0.29, 0.717) is 0 Å². The summed E-state index contributed by atoms with van der Waals surface area (Å²) in [5.41, 5.74) is -0.854. The predicted octanol–water partition coefficient (Wildman–Crippen LogP) is -2.05. The molecule has 4 atom stereocenters. The van der Waals surface area contributed by atoms with Gasteiger partial charge in [0.25, 0.3) is 0 Å². The number of aromatic hydroxyl groups is 1. The van der Waals surface area contributed by atoms with Crippen molar-refractivity contribution in [3.63, 3.8) is 0 Å². The summed E-state index contributed by atoms with van der Waals surface area (Å²) in [5.74, 6) is -1.74. The Morgan fingerprint density at radius 3 is 2.97 bits per heavy atom. The number of rotatable bonds is 4. The third-order valence-electron chi connectivity index (χ3n) is 6.06. The van der Waals surface area contributed by atoms with Crippen LogP contribution >= 0.6 is 0 Å². The fraction of sp³-hybridized carbons (Fsp3) is 0.364. The molecule has 3 N–H and O–H groups in total. The smallest absolute Gasteiger partial charge is 0.0692 e. The molecule has 32 heavy (non-hydrogen) atoms. The first-order chi connectivity index (χ1) is 15.3. The molecule has 9 nitrogen and oxygen atoms in total. The molecule has 2 amide bonds. The minimum atomic E-state index is -0.860. The molecule has 3 saturated heterocycles. The number of alkyl halides is 2. The van der Waals surface area contributed by atoms with Gasteiger partial charge in [0.05, 0.1) is 0 Å². The summed E-state index contributed by atoms with van der Waals surface area (Å²) in [7, 11) is 0. The molecule has 1 aromatic rings. The van der Waals surface area contributed by atoms with Crippen molar-refractivity contribution in [2.75, 3.05) is 6.54 Å². The summed E-state index contributed by atoms with van der Waals surface area (Å²) in [4.78, 5) is 40.1. The zero-order valence-corrected chi connectivity index (χ0v) is 19.4. The third kappa shape index (κ3) is 3.41. The van der Waals surface area contributed by atoms with Gasteiger partial charge in [0.15, 0.2) is 0 Å². The molecule has 168 valence electrons. The molecule has 4 aliphatic heterocycles.